The Bertz CT molecular complexity index is 157. The summed E-state index contributed by atoms with van der Waals surface area (Å²) in [6, 6.07) is 1.51. The van der Waals surface area contributed by atoms with E-state index < -0.39 is 0 Å². The molecule has 1 heterocycles. The monoisotopic (exact) mass is 200 g/mol. The Balaban J connectivity index is 2.28. The van der Waals surface area contributed by atoms with Gasteiger partial charge in [-0.05, 0) is 33.2 Å². The van der Waals surface area contributed by atoms with E-state index in [1.165, 1.54) is 13.0 Å². The molecule has 1 rings (SSSR count). The summed E-state index contributed by atoms with van der Waals surface area (Å²) < 4.78 is 0. The summed E-state index contributed by atoms with van der Waals surface area (Å²) in [6.07, 6.45) is 2.23. The van der Waals surface area contributed by atoms with E-state index in [4.69, 9.17) is 5.11 Å². The average molecular weight is 200 g/mol. The lowest BCUT2D eigenvalue weighted by atomic mass is 10.2. The first-order valence-electron chi connectivity index (χ1n) is 5.78. The minimum atomic E-state index is 0.259. The minimum absolute atomic E-state index is 0.259. The minimum Gasteiger partial charge on any atom is -0.395 e. The molecule has 3 nitrogen and oxygen atoms in total. The van der Waals surface area contributed by atoms with Crippen LogP contribution in [0.1, 0.15) is 33.6 Å². The van der Waals surface area contributed by atoms with E-state index in [0.717, 1.165) is 13.0 Å². The van der Waals surface area contributed by atoms with E-state index in [-0.39, 0.29) is 12.6 Å². The van der Waals surface area contributed by atoms with Crippen LogP contribution in [0.2, 0.25) is 0 Å². The highest BCUT2D eigenvalue weighted by Crippen LogP contribution is 2.13. The van der Waals surface area contributed by atoms with Crippen molar-refractivity contribution >= 4 is 0 Å². The molecule has 0 saturated carbocycles. The summed E-state index contributed by atoms with van der Waals surface area (Å²) in [5.74, 6) is 0. The third-order valence-electron chi connectivity index (χ3n) is 3.13. The molecular formula is C11H24N2O. The number of rotatable bonds is 5. The van der Waals surface area contributed by atoms with Gasteiger partial charge in [-0.25, -0.2) is 0 Å². The topological polar surface area (TPSA) is 35.5 Å². The first kappa shape index (κ1) is 12.0. The number of nitrogens with zero attached hydrogens (tertiary/aromatic N) is 1. The maximum absolute atomic E-state index is 9.09. The Morgan fingerprint density at radius 1 is 1.50 bits per heavy atom. The molecule has 0 aromatic carbocycles. The summed E-state index contributed by atoms with van der Waals surface area (Å²) in [5.41, 5.74) is 0. The smallest absolute Gasteiger partial charge is 0.0584 e. The summed E-state index contributed by atoms with van der Waals surface area (Å²) >= 11 is 0. The van der Waals surface area contributed by atoms with Gasteiger partial charge in [0.15, 0.2) is 0 Å². The molecule has 0 spiro atoms. The number of aliphatic hydroxyl groups is 1. The second-order valence-electron chi connectivity index (χ2n) is 4.53. The van der Waals surface area contributed by atoms with Gasteiger partial charge in [0, 0.05) is 24.7 Å². The van der Waals surface area contributed by atoms with Crippen LogP contribution in [-0.2, 0) is 0 Å². The Labute approximate surface area is 87.5 Å². The van der Waals surface area contributed by atoms with Crippen molar-refractivity contribution in [2.24, 2.45) is 0 Å². The Kier molecular flexibility index (Phi) is 4.85. The fourth-order valence-electron chi connectivity index (χ4n) is 2.03. The Morgan fingerprint density at radius 3 is 2.64 bits per heavy atom. The molecule has 14 heavy (non-hydrogen) atoms. The molecule has 84 valence electrons. The Morgan fingerprint density at radius 2 is 2.21 bits per heavy atom. The molecule has 0 bridgehead atoms. The SMILES string of the molecule is CC[C@H](CO)NC1CCN(C(C)C)C1. The quantitative estimate of drug-likeness (QED) is 0.690. The van der Waals surface area contributed by atoms with E-state index >= 15 is 0 Å². The fraction of sp³-hybridized carbons (Fsp3) is 1.00. The molecule has 2 N–H and O–H groups in total. The third kappa shape index (κ3) is 3.23. The van der Waals surface area contributed by atoms with Crippen molar-refractivity contribution < 1.29 is 5.11 Å². The second-order valence-corrected chi connectivity index (χ2v) is 4.53. The van der Waals surface area contributed by atoms with Crippen LogP contribution in [0.15, 0.2) is 0 Å². The number of hydrogen-bond acceptors (Lipinski definition) is 3. The molecule has 1 aliphatic rings. The van der Waals surface area contributed by atoms with E-state index in [0.29, 0.717) is 12.1 Å². The van der Waals surface area contributed by atoms with E-state index in [2.05, 4.69) is 31.0 Å². The number of hydrogen-bond donors (Lipinski definition) is 2. The lowest BCUT2D eigenvalue weighted by Gasteiger charge is -2.22. The van der Waals surface area contributed by atoms with Gasteiger partial charge in [0.2, 0.25) is 0 Å². The maximum Gasteiger partial charge on any atom is 0.0584 e. The van der Waals surface area contributed by atoms with Gasteiger partial charge in [-0.2, -0.15) is 0 Å². The highest BCUT2D eigenvalue weighted by Gasteiger charge is 2.25. The van der Waals surface area contributed by atoms with Gasteiger partial charge in [-0.3, -0.25) is 4.90 Å². The highest BCUT2D eigenvalue weighted by atomic mass is 16.3. The third-order valence-corrected chi connectivity index (χ3v) is 3.13. The largest absolute Gasteiger partial charge is 0.395 e. The summed E-state index contributed by atoms with van der Waals surface area (Å²) in [6.45, 7) is 9.18. The van der Waals surface area contributed by atoms with Gasteiger partial charge in [-0.1, -0.05) is 6.92 Å². The normalized spacial score (nSPS) is 25.9. The number of likely N-dealkylation sites (tertiary alicyclic amines) is 1. The van der Waals surface area contributed by atoms with E-state index in [1.54, 1.807) is 0 Å². The summed E-state index contributed by atoms with van der Waals surface area (Å²) in [5, 5.41) is 12.6. The molecule has 1 aliphatic heterocycles. The van der Waals surface area contributed by atoms with Gasteiger partial charge in [0.1, 0.15) is 0 Å². The molecule has 0 aliphatic carbocycles. The van der Waals surface area contributed by atoms with Crippen molar-refractivity contribution in [3.8, 4) is 0 Å². The molecular weight excluding hydrogens is 176 g/mol. The lowest BCUT2D eigenvalue weighted by molar-refractivity contribution is 0.220. The summed E-state index contributed by atoms with van der Waals surface area (Å²) in [7, 11) is 0. The zero-order valence-electron chi connectivity index (χ0n) is 9.66. The lowest BCUT2D eigenvalue weighted by Crippen LogP contribution is -2.42. The van der Waals surface area contributed by atoms with Gasteiger partial charge < -0.3 is 10.4 Å². The molecule has 0 aromatic heterocycles. The van der Waals surface area contributed by atoms with E-state index in [1.807, 2.05) is 0 Å². The maximum atomic E-state index is 9.09. The number of aliphatic hydroxyl groups excluding tert-OH is 1. The van der Waals surface area contributed by atoms with Crippen molar-refractivity contribution in [1.82, 2.24) is 10.2 Å². The average Bonchev–Trinajstić information content (AvgIpc) is 2.62. The predicted octanol–water partition coefficient (Wildman–Crippen LogP) is 0.830. The van der Waals surface area contributed by atoms with Crippen LogP contribution in [0.4, 0.5) is 0 Å². The first-order valence-corrected chi connectivity index (χ1v) is 5.78. The van der Waals surface area contributed by atoms with Gasteiger partial charge in [-0.15, -0.1) is 0 Å². The van der Waals surface area contributed by atoms with Crippen molar-refractivity contribution in [2.75, 3.05) is 19.7 Å². The highest BCUT2D eigenvalue weighted by molar-refractivity contribution is 4.84. The second kappa shape index (κ2) is 5.69. The van der Waals surface area contributed by atoms with Crippen LogP contribution in [0, 0.1) is 0 Å². The molecule has 0 radical (unpaired) electrons. The Hall–Kier alpha value is -0.120. The molecule has 1 saturated heterocycles. The van der Waals surface area contributed by atoms with Gasteiger partial charge in [0.25, 0.3) is 0 Å². The van der Waals surface area contributed by atoms with Crippen LogP contribution < -0.4 is 5.32 Å². The predicted molar refractivity (Wildman–Crippen MR) is 59.4 cm³/mol. The first-order chi connectivity index (χ1) is 6.67. The van der Waals surface area contributed by atoms with Crippen LogP contribution in [0.5, 0.6) is 0 Å². The molecule has 2 atom stereocenters. The molecule has 1 fully saturated rings. The van der Waals surface area contributed by atoms with Crippen LogP contribution >= 0.6 is 0 Å². The van der Waals surface area contributed by atoms with Crippen molar-refractivity contribution in [3.63, 3.8) is 0 Å². The van der Waals surface area contributed by atoms with Gasteiger partial charge >= 0.3 is 0 Å². The summed E-state index contributed by atoms with van der Waals surface area (Å²) in [4.78, 5) is 2.49. The zero-order valence-corrected chi connectivity index (χ0v) is 9.66. The molecule has 3 heteroatoms. The fourth-order valence-corrected chi connectivity index (χ4v) is 2.03. The molecule has 1 unspecified atom stereocenters. The van der Waals surface area contributed by atoms with E-state index in [9.17, 15) is 0 Å². The van der Waals surface area contributed by atoms with Crippen molar-refractivity contribution in [2.45, 2.75) is 51.7 Å². The molecule has 0 aromatic rings. The van der Waals surface area contributed by atoms with Crippen LogP contribution in [0.25, 0.3) is 0 Å². The molecule has 0 amide bonds. The van der Waals surface area contributed by atoms with Crippen molar-refractivity contribution in [1.29, 1.82) is 0 Å². The standard InChI is InChI=1S/C11H24N2O/c1-4-10(8-14)12-11-5-6-13(7-11)9(2)3/h9-12,14H,4-8H2,1-3H3/t10-,11?/m1/s1. The van der Waals surface area contributed by atoms with Crippen LogP contribution in [-0.4, -0.2) is 47.8 Å². The van der Waals surface area contributed by atoms with Gasteiger partial charge in [0.05, 0.1) is 6.61 Å². The van der Waals surface area contributed by atoms with Crippen molar-refractivity contribution in [3.05, 3.63) is 0 Å². The number of nitrogens with one attached hydrogen (secondary N) is 1. The zero-order chi connectivity index (χ0) is 10.6. The van der Waals surface area contributed by atoms with Crippen LogP contribution in [0.3, 0.4) is 0 Å².